The van der Waals surface area contributed by atoms with Gasteiger partial charge in [-0.05, 0) is 13.3 Å². The molecule has 1 aliphatic heterocycles. The van der Waals surface area contributed by atoms with Crippen molar-refractivity contribution in [1.82, 2.24) is 0 Å². The van der Waals surface area contributed by atoms with Crippen molar-refractivity contribution >= 4 is 12.2 Å². The van der Waals surface area contributed by atoms with Crippen LogP contribution in [0, 0.1) is 16.5 Å². The molecule has 0 bridgehead atoms. The van der Waals surface area contributed by atoms with Crippen LogP contribution in [0.5, 0.6) is 0 Å². The lowest BCUT2D eigenvalue weighted by atomic mass is 9.71. The van der Waals surface area contributed by atoms with Crippen molar-refractivity contribution in [3.8, 4) is 0 Å². The van der Waals surface area contributed by atoms with Crippen molar-refractivity contribution < 1.29 is 22.5 Å². The van der Waals surface area contributed by atoms with Gasteiger partial charge in [-0.2, -0.15) is 0 Å². The van der Waals surface area contributed by atoms with E-state index in [9.17, 15) is 10.0 Å². The van der Waals surface area contributed by atoms with Crippen molar-refractivity contribution in [2.75, 3.05) is 6.61 Å². The Bertz CT molecular complexity index is 481. The van der Waals surface area contributed by atoms with Gasteiger partial charge in [-0.3, -0.25) is 4.79 Å². The average Bonchev–Trinajstić information content (AvgIpc) is 2.51. The molecule has 0 N–H and O–H groups in total. The highest BCUT2D eigenvalue weighted by atomic mass is 16.5. The fraction of sp³-hybridized carbons (Fsp3) is 0.846. The lowest BCUT2D eigenvalue weighted by Gasteiger charge is -2.31. The van der Waals surface area contributed by atoms with Gasteiger partial charge in [0.2, 0.25) is 0 Å². The van der Waals surface area contributed by atoms with Crippen LogP contribution in [0.25, 0.3) is 0 Å². The quantitative estimate of drug-likeness (QED) is 0.435. The maximum Gasteiger partial charge on any atom is 0.305 e. The Morgan fingerprint density at radius 3 is 2.76 bits per heavy atom. The van der Waals surface area contributed by atoms with Crippen LogP contribution in [0.2, 0.25) is 0 Å². The van der Waals surface area contributed by atoms with Crippen LogP contribution in [0.1, 0.15) is 55.5 Å². The summed E-state index contributed by atoms with van der Waals surface area (Å²) in [7, 11) is 0. The number of carbonyl (C=O) groups is 1. The van der Waals surface area contributed by atoms with Crippen LogP contribution in [0.4, 0.5) is 0 Å². The molecule has 17 heavy (non-hydrogen) atoms. The summed E-state index contributed by atoms with van der Waals surface area (Å²) in [5.74, 6) is -1.59. The van der Waals surface area contributed by atoms with Crippen molar-refractivity contribution in [1.29, 1.82) is 0 Å². The first-order valence-corrected chi connectivity index (χ1v) is 5.70. The fourth-order valence-electron chi connectivity index (χ4n) is 2.26. The second kappa shape index (κ2) is 4.67. The van der Waals surface area contributed by atoms with Crippen molar-refractivity contribution in [3.05, 3.63) is 5.21 Å². The van der Waals surface area contributed by atoms with Gasteiger partial charge in [0, 0.05) is 34.3 Å². The zero-order valence-corrected chi connectivity index (χ0v) is 10.4. The van der Waals surface area contributed by atoms with Crippen molar-refractivity contribution in [3.63, 3.8) is 0 Å². The molecule has 0 amide bonds. The number of rotatable bonds is 4. The van der Waals surface area contributed by atoms with Gasteiger partial charge in [-0.25, -0.2) is 4.74 Å². The van der Waals surface area contributed by atoms with E-state index in [1.807, 2.05) is 0 Å². The van der Waals surface area contributed by atoms with Crippen molar-refractivity contribution in [2.45, 2.75) is 52.9 Å². The monoisotopic (exact) mass is 247 g/mol. The van der Waals surface area contributed by atoms with Crippen LogP contribution >= 0.6 is 0 Å². The highest BCUT2D eigenvalue weighted by molar-refractivity contribution is 5.69. The number of hydrogen-bond acceptors (Lipinski definition) is 3. The molecule has 0 aromatic rings. The van der Waals surface area contributed by atoms with Gasteiger partial charge in [0.1, 0.15) is 0 Å². The summed E-state index contributed by atoms with van der Waals surface area (Å²) < 4.78 is 51.3. The predicted molar refractivity (Wildman–Crippen MR) is 66.9 cm³/mol. The summed E-state index contributed by atoms with van der Waals surface area (Å²) >= 11 is 0. The number of hydroxylamine groups is 1. The molecular weight excluding hydrogens is 218 g/mol. The normalized spacial score (nSPS) is 32.2. The number of ether oxygens (including phenoxy) is 1. The summed E-state index contributed by atoms with van der Waals surface area (Å²) in [4.78, 5) is 11.6. The standard InChI is InChI=1S/C13H23NO3/c1-6-17-11(15)8-7-10-12(2,3)9-14(16)13(10,4)5/h9-10H,6-8H2,1-5H3/i4D3,5D3. The van der Waals surface area contributed by atoms with Gasteiger partial charge in [-0.1, -0.05) is 13.8 Å². The molecule has 0 aromatic heterocycles. The topological polar surface area (TPSA) is 52.4 Å². The molecule has 0 saturated heterocycles. The molecule has 4 nitrogen and oxygen atoms in total. The minimum absolute atomic E-state index is 0.0577. The first kappa shape index (κ1) is 7.39. The summed E-state index contributed by atoms with van der Waals surface area (Å²) in [5, 5.41) is 12.4. The largest absolute Gasteiger partial charge is 0.624 e. The molecule has 1 unspecified atom stereocenters. The van der Waals surface area contributed by atoms with Gasteiger partial charge in [0.15, 0.2) is 11.8 Å². The van der Waals surface area contributed by atoms with Gasteiger partial charge < -0.3 is 9.94 Å². The van der Waals surface area contributed by atoms with Gasteiger partial charge in [0.25, 0.3) is 0 Å². The number of nitrogens with zero attached hydrogens (tertiary/aromatic N) is 1. The van der Waals surface area contributed by atoms with E-state index in [2.05, 4.69) is 0 Å². The Morgan fingerprint density at radius 2 is 2.24 bits per heavy atom. The molecule has 0 aliphatic carbocycles. The molecule has 1 atom stereocenters. The third kappa shape index (κ3) is 2.79. The Hall–Kier alpha value is -1.06. The smallest absolute Gasteiger partial charge is 0.305 e. The molecule has 0 saturated carbocycles. The fourth-order valence-corrected chi connectivity index (χ4v) is 2.26. The minimum Gasteiger partial charge on any atom is -0.624 e. The molecule has 4 heteroatoms. The third-order valence-corrected chi connectivity index (χ3v) is 3.14. The molecule has 1 heterocycles. The first-order chi connectivity index (χ1) is 10.2. The van der Waals surface area contributed by atoms with Crippen LogP contribution in [-0.2, 0) is 9.53 Å². The molecule has 0 fully saturated rings. The Labute approximate surface area is 112 Å². The Balaban J connectivity index is 3.34. The SMILES string of the molecule is [2H]C([2H])([2H])C1(C([2H])([2H])[2H])C(CCC(=O)OCC)C(C)(C)C=[N+]1[O-]. The minimum atomic E-state index is -3.04. The van der Waals surface area contributed by atoms with E-state index in [1.54, 1.807) is 20.8 Å². The number of esters is 1. The van der Waals surface area contributed by atoms with E-state index in [0.717, 1.165) is 6.21 Å². The third-order valence-electron chi connectivity index (χ3n) is 3.14. The van der Waals surface area contributed by atoms with Crippen LogP contribution in [0.3, 0.4) is 0 Å². The van der Waals surface area contributed by atoms with E-state index in [-0.39, 0.29) is 24.2 Å². The number of carbonyl (C=O) groups excluding carboxylic acids is 1. The van der Waals surface area contributed by atoms with E-state index in [4.69, 9.17) is 13.0 Å². The Kier molecular flexibility index (Phi) is 2.03. The lowest BCUT2D eigenvalue weighted by Crippen LogP contribution is -2.39. The molecule has 0 aromatic carbocycles. The van der Waals surface area contributed by atoms with Crippen LogP contribution in [-0.4, -0.2) is 29.1 Å². The maximum atomic E-state index is 12.4. The van der Waals surface area contributed by atoms with Crippen molar-refractivity contribution in [2.24, 2.45) is 11.3 Å². The van der Waals surface area contributed by atoms with Crippen LogP contribution in [0.15, 0.2) is 0 Å². The molecule has 0 radical (unpaired) electrons. The number of hydrogen-bond donors (Lipinski definition) is 0. The Morgan fingerprint density at radius 1 is 1.59 bits per heavy atom. The maximum absolute atomic E-state index is 12.4. The van der Waals surface area contributed by atoms with E-state index in [1.165, 1.54) is 0 Å². The van der Waals surface area contributed by atoms with E-state index < -0.39 is 36.5 Å². The zero-order valence-electron chi connectivity index (χ0n) is 16.4. The summed E-state index contributed by atoms with van der Waals surface area (Å²) in [6.07, 6.45) is 0.900. The summed E-state index contributed by atoms with van der Waals surface area (Å²) in [5.41, 5.74) is -3.55. The molecular formula is C13H23NO3. The van der Waals surface area contributed by atoms with E-state index in [0.29, 0.717) is 0 Å². The molecule has 98 valence electrons. The predicted octanol–water partition coefficient (Wildman–Crippen LogP) is 2.35. The highest BCUT2D eigenvalue weighted by Gasteiger charge is 2.52. The molecule has 1 aliphatic rings. The average molecular weight is 247 g/mol. The zero-order chi connectivity index (χ0) is 18.3. The van der Waals surface area contributed by atoms with Crippen LogP contribution < -0.4 is 0 Å². The highest BCUT2D eigenvalue weighted by Crippen LogP contribution is 2.43. The first-order valence-electron chi connectivity index (χ1n) is 8.70. The second-order valence-electron chi connectivity index (χ2n) is 4.94. The summed E-state index contributed by atoms with van der Waals surface area (Å²) in [6, 6.07) is 0. The van der Waals surface area contributed by atoms with Gasteiger partial charge in [-0.15, -0.1) is 0 Å². The lowest BCUT2D eigenvalue weighted by molar-refractivity contribution is -0.536. The second-order valence-corrected chi connectivity index (χ2v) is 4.94. The molecule has 0 spiro atoms. The van der Waals surface area contributed by atoms with E-state index >= 15 is 0 Å². The summed E-state index contributed by atoms with van der Waals surface area (Å²) in [6.45, 7) is -1.05. The van der Waals surface area contributed by atoms with Gasteiger partial charge in [0.05, 0.1) is 12.0 Å². The molecule has 1 rings (SSSR count). The van der Waals surface area contributed by atoms with Gasteiger partial charge >= 0.3 is 5.97 Å².